The number of likely N-dealkylation sites (tertiary alicyclic amines) is 1. The Hall–Kier alpha value is -2.29. The van der Waals surface area contributed by atoms with E-state index in [4.69, 9.17) is 16.3 Å². The molecule has 7 nitrogen and oxygen atoms in total. The van der Waals surface area contributed by atoms with E-state index in [9.17, 15) is 19.5 Å². The van der Waals surface area contributed by atoms with E-state index in [1.165, 1.54) is 6.08 Å². The van der Waals surface area contributed by atoms with Crippen LogP contribution in [0.4, 0.5) is 5.69 Å². The maximum atomic E-state index is 14.2. The third kappa shape index (κ3) is 4.06. The van der Waals surface area contributed by atoms with Gasteiger partial charge < -0.3 is 19.6 Å². The van der Waals surface area contributed by atoms with Crippen LogP contribution >= 0.6 is 23.4 Å². The van der Waals surface area contributed by atoms with Gasteiger partial charge in [0.1, 0.15) is 12.6 Å². The first kappa shape index (κ1) is 24.8. The lowest BCUT2D eigenvalue weighted by molar-refractivity contribution is -0.153. The molecule has 0 saturated carbocycles. The molecule has 0 aliphatic carbocycles. The topological polar surface area (TPSA) is 87.1 Å². The molecule has 2 amide bonds. The lowest BCUT2D eigenvalue weighted by atomic mass is 9.71. The Morgan fingerprint density at radius 1 is 1.29 bits per heavy atom. The lowest BCUT2D eigenvalue weighted by Gasteiger charge is -2.37. The zero-order chi connectivity index (χ0) is 24.5. The first-order valence-electron chi connectivity index (χ1n) is 11.4. The van der Waals surface area contributed by atoms with Gasteiger partial charge in [0.15, 0.2) is 0 Å². The van der Waals surface area contributed by atoms with Gasteiger partial charge in [0.25, 0.3) is 5.91 Å². The monoisotopic (exact) mass is 504 g/mol. The van der Waals surface area contributed by atoms with E-state index in [1.54, 1.807) is 51.9 Å². The molecule has 2 unspecified atom stereocenters. The molecule has 182 valence electrons. The maximum absolute atomic E-state index is 14.2. The van der Waals surface area contributed by atoms with Crippen LogP contribution in [0.5, 0.6) is 0 Å². The molecule has 3 heterocycles. The van der Waals surface area contributed by atoms with Gasteiger partial charge in [-0.1, -0.05) is 30.3 Å². The van der Waals surface area contributed by atoms with Gasteiger partial charge in [0.05, 0.1) is 16.6 Å². The van der Waals surface area contributed by atoms with Crippen molar-refractivity contribution in [2.45, 2.75) is 35.3 Å². The van der Waals surface area contributed by atoms with E-state index < -0.39 is 28.6 Å². The quantitative estimate of drug-likeness (QED) is 0.389. The van der Waals surface area contributed by atoms with E-state index in [2.05, 4.69) is 13.2 Å². The van der Waals surface area contributed by atoms with E-state index in [0.717, 1.165) is 6.42 Å². The molecule has 3 aliphatic rings. The van der Waals surface area contributed by atoms with E-state index in [1.807, 2.05) is 0 Å². The molecule has 9 heteroatoms. The SMILES string of the molecule is C=CCOC(=O)[C@@H]1[C@H]2C(=O)N(CCCO)C(C(=O)N(CC=C)c3ccc(Cl)cc3)C23CC[C@H]1S3. The van der Waals surface area contributed by atoms with Crippen molar-refractivity contribution in [1.82, 2.24) is 4.90 Å². The number of amides is 2. The molecule has 4 rings (SSSR count). The number of carbonyl (C=O) groups excluding carboxylic acids is 3. The van der Waals surface area contributed by atoms with E-state index >= 15 is 0 Å². The molecular weight excluding hydrogens is 476 g/mol. The third-order valence-electron chi connectivity index (χ3n) is 6.92. The largest absolute Gasteiger partial charge is 0.461 e. The molecule has 1 aromatic carbocycles. The highest BCUT2D eigenvalue weighted by Gasteiger charge is 2.74. The maximum Gasteiger partial charge on any atom is 0.311 e. The van der Waals surface area contributed by atoms with Crippen molar-refractivity contribution < 1.29 is 24.2 Å². The summed E-state index contributed by atoms with van der Waals surface area (Å²) in [4.78, 5) is 44.0. The van der Waals surface area contributed by atoms with Crippen LogP contribution in [0.25, 0.3) is 0 Å². The summed E-state index contributed by atoms with van der Waals surface area (Å²) in [5.74, 6) is -2.06. The van der Waals surface area contributed by atoms with Crippen LogP contribution in [0.3, 0.4) is 0 Å². The van der Waals surface area contributed by atoms with Crippen molar-refractivity contribution in [3.8, 4) is 0 Å². The van der Waals surface area contributed by atoms with Gasteiger partial charge in [-0.25, -0.2) is 0 Å². The van der Waals surface area contributed by atoms with E-state index in [0.29, 0.717) is 23.6 Å². The molecule has 1 aromatic rings. The minimum atomic E-state index is -0.751. The van der Waals surface area contributed by atoms with Crippen molar-refractivity contribution in [2.75, 3.05) is 31.2 Å². The summed E-state index contributed by atoms with van der Waals surface area (Å²) in [6.07, 6.45) is 4.90. The zero-order valence-electron chi connectivity index (χ0n) is 18.9. The fourth-order valence-corrected chi connectivity index (χ4v) is 7.97. The fraction of sp³-hybridized carbons (Fsp3) is 0.480. The van der Waals surface area contributed by atoms with Gasteiger partial charge in [-0.05, 0) is 43.5 Å². The van der Waals surface area contributed by atoms with Crippen molar-refractivity contribution >= 4 is 46.8 Å². The molecule has 5 atom stereocenters. The third-order valence-corrected chi connectivity index (χ3v) is 9.13. The number of carbonyl (C=O) groups is 3. The Balaban J connectivity index is 1.73. The van der Waals surface area contributed by atoms with Crippen molar-refractivity contribution in [1.29, 1.82) is 0 Å². The van der Waals surface area contributed by atoms with Crippen LogP contribution in [0.1, 0.15) is 19.3 Å². The van der Waals surface area contributed by atoms with Crippen LogP contribution in [-0.4, -0.2) is 70.1 Å². The molecule has 1 N–H and O–H groups in total. The Bertz CT molecular complexity index is 986. The predicted molar refractivity (Wildman–Crippen MR) is 133 cm³/mol. The second-order valence-corrected chi connectivity index (χ2v) is 10.8. The predicted octanol–water partition coefficient (Wildman–Crippen LogP) is 3.06. The number of ether oxygens (including phenoxy) is 1. The van der Waals surface area contributed by atoms with Crippen LogP contribution in [0.2, 0.25) is 5.02 Å². The van der Waals surface area contributed by atoms with E-state index in [-0.39, 0.29) is 43.4 Å². The number of aliphatic hydroxyl groups is 1. The summed E-state index contributed by atoms with van der Waals surface area (Å²) in [5, 5.41) is 9.95. The number of rotatable bonds is 10. The highest BCUT2D eigenvalue weighted by atomic mass is 35.5. The number of nitrogens with zero attached hydrogens (tertiary/aromatic N) is 2. The molecule has 3 fully saturated rings. The normalized spacial score (nSPS) is 29.1. The van der Waals surface area contributed by atoms with Crippen molar-refractivity contribution in [3.05, 3.63) is 54.6 Å². The first-order chi connectivity index (χ1) is 16.4. The number of aliphatic hydroxyl groups excluding tert-OH is 1. The molecule has 1 spiro atoms. The number of thioether (sulfide) groups is 1. The summed E-state index contributed by atoms with van der Waals surface area (Å²) >= 11 is 7.63. The molecule has 3 saturated heterocycles. The number of esters is 1. The summed E-state index contributed by atoms with van der Waals surface area (Å²) < 4.78 is 4.65. The molecule has 3 aliphatic heterocycles. The summed E-state index contributed by atoms with van der Waals surface area (Å²) in [7, 11) is 0. The Morgan fingerprint density at radius 3 is 2.68 bits per heavy atom. The van der Waals surface area contributed by atoms with Gasteiger partial charge in [0, 0.05) is 35.7 Å². The Labute approximate surface area is 208 Å². The van der Waals surface area contributed by atoms with Gasteiger partial charge in [0.2, 0.25) is 5.91 Å². The number of hydrogen-bond donors (Lipinski definition) is 1. The fourth-order valence-electron chi connectivity index (χ4n) is 5.64. The van der Waals surface area contributed by atoms with Crippen LogP contribution in [0.15, 0.2) is 49.6 Å². The minimum absolute atomic E-state index is 0.0649. The number of benzene rings is 1. The van der Waals surface area contributed by atoms with Crippen LogP contribution in [-0.2, 0) is 19.1 Å². The molecule has 34 heavy (non-hydrogen) atoms. The van der Waals surface area contributed by atoms with Gasteiger partial charge >= 0.3 is 5.97 Å². The average molecular weight is 505 g/mol. The number of anilines is 1. The van der Waals surface area contributed by atoms with Gasteiger partial charge in [-0.2, -0.15) is 0 Å². The number of hydrogen-bond acceptors (Lipinski definition) is 6. The first-order valence-corrected chi connectivity index (χ1v) is 12.7. The number of fused-ring (bicyclic) bond motifs is 1. The van der Waals surface area contributed by atoms with Crippen LogP contribution in [0, 0.1) is 11.8 Å². The molecule has 2 bridgehead atoms. The Morgan fingerprint density at radius 2 is 2.03 bits per heavy atom. The molecular formula is C25H29ClN2O5S. The van der Waals surface area contributed by atoms with Crippen molar-refractivity contribution in [2.24, 2.45) is 11.8 Å². The highest BCUT2D eigenvalue weighted by molar-refractivity contribution is 8.02. The summed E-state index contributed by atoms with van der Waals surface area (Å²) in [6.45, 7) is 7.88. The summed E-state index contributed by atoms with van der Waals surface area (Å²) in [5.41, 5.74) is 0.656. The molecule has 0 aromatic heterocycles. The smallest absolute Gasteiger partial charge is 0.311 e. The average Bonchev–Trinajstić information content (AvgIpc) is 3.47. The van der Waals surface area contributed by atoms with Crippen LogP contribution < -0.4 is 4.90 Å². The summed E-state index contributed by atoms with van der Waals surface area (Å²) in [6, 6.07) is 6.21. The standard InChI is InChI=1S/C25H29ClN2O5S/c1-3-12-27(17-8-6-16(26)7-9-17)23(31)21-25-11-10-18(34-25)19(24(32)33-15-4-2)20(25)22(30)28(21)13-5-14-29/h3-4,6-9,18-21,29H,1-2,5,10-15H2/t18-,19+,20+,21?,25?/m1/s1. The zero-order valence-corrected chi connectivity index (χ0v) is 20.5. The second-order valence-electron chi connectivity index (χ2n) is 8.80. The minimum Gasteiger partial charge on any atom is -0.461 e. The Kier molecular flexibility index (Phi) is 7.40. The van der Waals surface area contributed by atoms with Gasteiger partial charge in [-0.15, -0.1) is 18.3 Å². The highest BCUT2D eigenvalue weighted by Crippen LogP contribution is 2.66. The van der Waals surface area contributed by atoms with Crippen molar-refractivity contribution in [3.63, 3.8) is 0 Å². The second kappa shape index (κ2) is 10.1. The molecule has 0 radical (unpaired) electrons. The number of halogens is 1. The lowest BCUT2D eigenvalue weighted by Crippen LogP contribution is -2.55. The van der Waals surface area contributed by atoms with Gasteiger partial charge in [-0.3, -0.25) is 14.4 Å².